The number of alkyl halides is 1. The standard InChI is InChI=1S/C13H19Br/c1-3-5-12-6-4-7-13(9-12)8-11(2)10-14/h4,6-7,9,11H,3,5,8,10H2,1-2H3. The first-order valence-electron chi connectivity index (χ1n) is 5.40. The lowest BCUT2D eigenvalue weighted by atomic mass is 10.00. The van der Waals surface area contributed by atoms with Crippen LogP contribution in [0.2, 0.25) is 0 Å². The third kappa shape index (κ3) is 3.83. The summed E-state index contributed by atoms with van der Waals surface area (Å²) in [6, 6.07) is 8.99. The Morgan fingerprint density at radius 2 is 2.00 bits per heavy atom. The average molecular weight is 255 g/mol. The first kappa shape index (κ1) is 11.8. The highest BCUT2D eigenvalue weighted by atomic mass is 79.9. The van der Waals surface area contributed by atoms with Gasteiger partial charge in [-0.3, -0.25) is 0 Å². The molecule has 0 amide bonds. The first-order chi connectivity index (χ1) is 6.76. The van der Waals surface area contributed by atoms with Crippen LogP contribution in [0.1, 0.15) is 31.4 Å². The predicted octanol–water partition coefficient (Wildman–Crippen LogP) is 4.21. The van der Waals surface area contributed by atoms with Crippen LogP contribution < -0.4 is 0 Å². The van der Waals surface area contributed by atoms with Gasteiger partial charge in [-0.1, -0.05) is 60.5 Å². The summed E-state index contributed by atoms with van der Waals surface area (Å²) in [6.07, 6.45) is 3.62. The van der Waals surface area contributed by atoms with Gasteiger partial charge in [0.2, 0.25) is 0 Å². The SMILES string of the molecule is CCCc1cccc(CC(C)CBr)c1. The van der Waals surface area contributed by atoms with E-state index in [9.17, 15) is 0 Å². The molecule has 1 heteroatoms. The van der Waals surface area contributed by atoms with Crippen LogP contribution in [0.4, 0.5) is 0 Å². The van der Waals surface area contributed by atoms with E-state index in [0.29, 0.717) is 0 Å². The van der Waals surface area contributed by atoms with E-state index in [2.05, 4.69) is 54.0 Å². The van der Waals surface area contributed by atoms with Crippen LogP contribution >= 0.6 is 15.9 Å². The largest absolute Gasteiger partial charge is 0.0925 e. The van der Waals surface area contributed by atoms with E-state index in [4.69, 9.17) is 0 Å². The van der Waals surface area contributed by atoms with Crippen LogP contribution in [0.3, 0.4) is 0 Å². The number of hydrogen-bond donors (Lipinski definition) is 0. The highest BCUT2D eigenvalue weighted by molar-refractivity contribution is 9.09. The monoisotopic (exact) mass is 254 g/mol. The summed E-state index contributed by atoms with van der Waals surface area (Å²) in [5.74, 6) is 0.729. The number of halogens is 1. The summed E-state index contributed by atoms with van der Waals surface area (Å²) in [5, 5.41) is 1.09. The quantitative estimate of drug-likeness (QED) is 0.691. The second kappa shape index (κ2) is 6.23. The summed E-state index contributed by atoms with van der Waals surface area (Å²) in [4.78, 5) is 0. The zero-order chi connectivity index (χ0) is 10.4. The lowest BCUT2D eigenvalue weighted by Gasteiger charge is -2.08. The van der Waals surface area contributed by atoms with Gasteiger partial charge in [0.1, 0.15) is 0 Å². The van der Waals surface area contributed by atoms with Crippen molar-refractivity contribution in [2.45, 2.75) is 33.1 Å². The topological polar surface area (TPSA) is 0 Å². The van der Waals surface area contributed by atoms with Gasteiger partial charge in [-0.05, 0) is 29.9 Å². The van der Waals surface area contributed by atoms with Crippen molar-refractivity contribution in [2.75, 3.05) is 5.33 Å². The number of benzene rings is 1. The molecule has 14 heavy (non-hydrogen) atoms. The summed E-state index contributed by atoms with van der Waals surface area (Å²) in [7, 11) is 0. The molecule has 0 saturated heterocycles. The zero-order valence-corrected chi connectivity index (χ0v) is 10.7. The van der Waals surface area contributed by atoms with Crippen molar-refractivity contribution in [3.63, 3.8) is 0 Å². The van der Waals surface area contributed by atoms with E-state index in [-0.39, 0.29) is 0 Å². The minimum absolute atomic E-state index is 0.729. The molecule has 0 aliphatic heterocycles. The van der Waals surface area contributed by atoms with Gasteiger partial charge in [-0.2, -0.15) is 0 Å². The van der Waals surface area contributed by atoms with Gasteiger partial charge in [0.25, 0.3) is 0 Å². The lowest BCUT2D eigenvalue weighted by molar-refractivity contribution is 0.662. The van der Waals surface area contributed by atoms with Gasteiger partial charge in [0.05, 0.1) is 0 Å². The molecule has 0 spiro atoms. The van der Waals surface area contributed by atoms with Gasteiger partial charge >= 0.3 is 0 Å². The maximum atomic E-state index is 3.52. The zero-order valence-electron chi connectivity index (χ0n) is 9.09. The number of hydrogen-bond acceptors (Lipinski definition) is 0. The van der Waals surface area contributed by atoms with Crippen LogP contribution in [0.15, 0.2) is 24.3 Å². The Balaban J connectivity index is 2.63. The Morgan fingerprint density at radius 3 is 2.64 bits per heavy atom. The Kier molecular flexibility index (Phi) is 5.24. The molecule has 0 fully saturated rings. The number of rotatable bonds is 5. The van der Waals surface area contributed by atoms with E-state index in [0.717, 1.165) is 11.2 Å². The average Bonchev–Trinajstić information content (AvgIpc) is 2.19. The van der Waals surface area contributed by atoms with Gasteiger partial charge < -0.3 is 0 Å². The molecule has 0 heterocycles. The third-order valence-corrected chi connectivity index (χ3v) is 3.48. The summed E-state index contributed by atoms with van der Waals surface area (Å²) < 4.78 is 0. The fraction of sp³-hybridized carbons (Fsp3) is 0.538. The normalized spacial score (nSPS) is 12.8. The molecule has 1 aromatic rings. The van der Waals surface area contributed by atoms with E-state index in [1.807, 2.05) is 0 Å². The molecule has 0 radical (unpaired) electrons. The molecule has 0 aliphatic rings. The van der Waals surface area contributed by atoms with Gasteiger partial charge in [-0.25, -0.2) is 0 Å². The van der Waals surface area contributed by atoms with E-state index in [1.54, 1.807) is 0 Å². The molecule has 1 atom stereocenters. The Morgan fingerprint density at radius 1 is 1.29 bits per heavy atom. The summed E-state index contributed by atoms with van der Waals surface area (Å²) >= 11 is 3.52. The Hall–Kier alpha value is -0.300. The minimum Gasteiger partial charge on any atom is -0.0925 e. The second-order valence-electron chi connectivity index (χ2n) is 4.03. The first-order valence-corrected chi connectivity index (χ1v) is 6.52. The van der Waals surface area contributed by atoms with Crippen molar-refractivity contribution >= 4 is 15.9 Å². The molecular weight excluding hydrogens is 236 g/mol. The molecule has 1 unspecified atom stereocenters. The summed E-state index contributed by atoms with van der Waals surface area (Å²) in [6.45, 7) is 4.51. The fourth-order valence-electron chi connectivity index (χ4n) is 1.66. The van der Waals surface area contributed by atoms with Crippen molar-refractivity contribution in [1.29, 1.82) is 0 Å². The van der Waals surface area contributed by atoms with Crippen LogP contribution in [0, 0.1) is 5.92 Å². The molecule has 0 nitrogen and oxygen atoms in total. The maximum Gasteiger partial charge on any atom is 0.00602 e. The minimum atomic E-state index is 0.729. The van der Waals surface area contributed by atoms with Crippen LogP contribution in [-0.4, -0.2) is 5.33 Å². The van der Waals surface area contributed by atoms with E-state index in [1.165, 1.54) is 30.4 Å². The molecule has 1 rings (SSSR count). The van der Waals surface area contributed by atoms with Crippen molar-refractivity contribution in [3.8, 4) is 0 Å². The Bertz CT molecular complexity index is 268. The highest BCUT2D eigenvalue weighted by Crippen LogP contribution is 2.13. The molecule has 0 aromatic heterocycles. The van der Waals surface area contributed by atoms with Crippen molar-refractivity contribution < 1.29 is 0 Å². The van der Waals surface area contributed by atoms with Gasteiger partial charge in [-0.15, -0.1) is 0 Å². The van der Waals surface area contributed by atoms with E-state index >= 15 is 0 Å². The smallest absolute Gasteiger partial charge is 0.00602 e. The molecule has 0 bridgehead atoms. The fourth-order valence-corrected chi connectivity index (χ4v) is 1.89. The van der Waals surface area contributed by atoms with Gasteiger partial charge in [0.15, 0.2) is 0 Å². The van der Waals surface area contributed by atoms with Crippen LogP contribution in [0.25, 0.3) is 0 Å². The highest BCUT2D eigenvalue weighted by Gasteiger charge is 2.02. The molecule has 0 aliphatic carbocycles. The number of aryl methyl sites for hydroxylation is 1. The third-order valence-electron chi connectivity index (χ3n) is 2.38. The second-order valence-corrected chi connectivity index (χ2v) is 4.68. The molecule has 0 N–H and O–H groups in total. The summed E-state index contributed by atoms with van der Waals surface area (Å²) in [5.41, 5.74) is 2.95. The van der Waals surface area contributed by atoms with Gasteiger partial charge in [0, 0.05) is 5.33 Å². The maximum absolute atomic E-state index is 3.52. The predicted molar refractivity (Wildman–Crippen MR) is 67.1 cm³/mol. The Labute approximate surface area is 95.9 Å². The van der Waals surface area contributed by atoms with Crippen molar-refractivity contribution in [3.05, 3.63) is 35.4 Å². The molecular formula is C13H19Br. The molecule has 78 valence electrons. The van der Waals surface area contributed by atoms with E-state index < -0.39 is 0 Å². The lowest BCUT2D eigenvalue weighted by Crippen LogP contribution is -2.01. The molecule has 0 saturated carbocycles. The van der Waals surface area contributed by atoms with Crippen molar-refractivity contribution in [1.82, 2.24) is 0 Å². The van der Waals surface area contributed by atoms with Crippen LogP contribution in [0.5, 0.6) is 0 Å². The molecule has 1 aromatic carbocycles. The van der Waals surface area contributed by atoms with Crippen LogP contribution in [-0.2, 0) is 12.8 Å². The van der Waals surface area contributed by atoms with Crippen molar-refractivity contribution in [2.24, 2.45) is 5.92 Å².